The van der Waals surface area contributed by atoms with Gasteiger partial charge < -0.3 is 15.7 Å². The SMILES string of the molecule is Cc1nc(NC(=S)Nc2ccc(Br)cc2)c(C)c(C)c1O. The maximum absolute atomic E-state index is 9.86. The molecular formula is C15H16BrN3OS. The number of aromatic hydroxyl groups is 1. The van der Waals surface area contributed by atoms with Crippen LogP contribution in [0.5, 0.6) is 5.75 Å². The average Bonchev–Trinajstić information content (AvgIpc) is 2.45. The standard InChI is InChI=1S/C15H16BrN3OS/c1-8-9(2)14(17-10(3)13(8)20)19-15(21)18-12-6-4-11(16)5-7-12/h4-7,20H,1-3H3,(H2,17,18,19,21). The molecule has 2 aromatic rings. The van der Waals surface area contributed by atoms with Crippen LogP contribution < -0.4 is 10.6 Å². The lowest BCUT2D eigenvalue weighted by atomic mass is 10.1. The number of hydrogen-bond acceptors (Lipinski definition) is 3. The second-order valence-electron chi connectivity index (χ2n) is 4.73. The summed E-state index contributed by atoms with van der Waals surface area (Å²) in [7, 11) is 0. The summed E-state index contributed by atoms with van der Waals surface area (Å²) in [5, 5.41) is 16.5. The number of nitrogens with one attached hydrogen (secondary N) is 2. The Labute approximate surface area is 137 Å². The second-order valence-corrected chi connectivity index (χ2v) is 6.05. The first kappa shape index (κ1) is 15.7. The molecule has 6 heteroatoms. The van der Waals surface area contributed by atoms with E-state index >= 15 is 0 Å². The van der Waals surface area contributed by atoms with Crippen LogP contribution in [0.4, 0.5) is 11.5 Å². The molecule has 0 aliphatic carbocycles. The van der Waals surface area contributed by atoms with Crippen LogP contribution >= 0.6 is 28.1 Å². The minimum absolute atomic E-state index is 0.227. The van der Waals surface area contributed by atoms with E-state index in [0.29, 0.717) is 16.6 Å². The van der Waals surface area contributed by atoms with E-state index in [1.165, 1.54) is 0 Å². The molecule has 0 spiro atoms. The number of aryl methyl sites for hydroxylation is 1. The van der Waals surface area contributed by atoms with Crippen molar-refractivity contribution in [2.75, 3.05) is 10.6 Å². The molecule has 0 aliphatic rings. The molecule has 0 atom stereocenters. The van der Waals surface area contributed by atoms with Crippen molar-refractivity contribution >= 4 is 44.8 Å². The van der Waals surface area contributed by atoms with E-state index < -0.39 is 0 Å². The highest BCUT2D eigenvalue weighted by Crippen LogP contribution is 2.27. The fourth-order valence-corrected chi connectivity index (χ4v) is 2.33. The lowest BCUT2D eigenvalue weighted by molar-refractivity contribution is 0.463. The topological polar surface area (TPSA) is 57.2 Å². The van der Waals surface area contributed by atoms with Gasteiger partial charge in [-0.1, -0.05) is 15.9 Å². The van der Waals surface area contributed by atoms with Gasteiger partial charge in [0.1, 0.15) is 11.6 Å². The molecule has 21 heavy (non-hydrogen) atoms. The Morgan fingerprint density at radius 1 is 1.10 bits per heavy atom. The molecule has 0 fully saturated rings. The van der Waals surface area contributed by atoms with Gasteiger partial charge >= 0.3 is 0 Å². The number of anilines is 2. The largest absolute Gasteiger partial charge is 0.506 e. The van der Waals surface area contributed by atoms with Gasteiger partial charge in [0, 0.05) is 10.2 Å². The van der Waals surface area contributed by atoms with E-state index in [2.05, 4.69) is 31.5 Å². The van der Waals surface area contributed by atoms with Crippen molar-refractivity contribution in [1.29, 1.82) is 0 Å². The molecule has 0 saturated heterocycles. The first-order valence-electron chi connectivity index (χ1n) is 6.39. The zero-order valence-electron chi connectivity index (χ0n) is 12.0. The van der Waals surface area contributed by atoms with E-state index in [-0.39, 0.29) is 5.75 Å². The van der Waals surface area contributed by atoms with Crippen LogP contribution in [-0.4, -0.2) is 15.2 Å². The zero-order chi connectivity index (χ0) is 15.6. The highest BCUT2D eigenvalue weighted by Gasteiger charge is 2.11. The Balaban J connectivity index is 2.15. The molecule has 1 aromatic carbocycles. The van der Waals surface area contributed by atoms with Crippen molar-refractivity contribution < 1.29 is 5.11 Å². The van der Waals surface area contributed by atoms with Crippen molar-refractivity contribution in [2.24, 2.45) is 0 Å². The highest BCUT2D eigenvalue weighted by molar-refractivity contribution is 9.10. The molecule has 0 saturated carbocycles. The molecule has 0 bridgehead atoms. The van der Waals surface area contributed by atoms with E-state index in [9.17, 15) is 5.11 Å². The van der Waals surface area contributed by atoms with Gasteiger partial charge in [-0.15, -0.1) is 0 Å². The first-order chi connectivity index (χ1) is 9.88. The Morgan fingerprint density at radius 2 is 1.71 bits per heavy atom. The fourth-order valence-electron chi connectivity index (χ4n) is 1.86. The number of rotatable bonds is 2. The zero-order valence-corrected chi connectivity index (χ0v) is 14.4. The van der Waals surface area contributed by atoms with Gasteiger partial charge in [0.15, 0.2) is 5.11 Å². The summed E-state index contributed by atoms with van der Waals surface area (Å²) in [5.41, 5.74) is 3.14. The Bertz CT molecular complexity index is 686. The number of nitrogens with zero attached hydrogens (tertiary/aromatic N) is 1. The molecule has 0 unspecified atom stereocenters. The van der Waals surface area contributed by atoms with Crippen LogP contribution in [0.2, 0.25) is 0 Å². The maximum atomic E-state index is 9.86. The van der Waals surface area contributed by atoms with Crippen molar-refractivity contribution in [1.82, 2.24) is 4.98 Å². The third kappa shape index (κ3) is 3.71. The Kier molecular flexibility index (Phi) is 4.80. The molecule has 0 aliphatic heterocycles. The van der Waals surface area contributed by atoms with Crippen LogP contribution in [0, 0.1) is 20.8 Å². The van der Waals surface area contributed by atoms with E-state index in [1.54, 1.807) is 6.92 Å². The monoisotopic (exact) mass is 365 g/mol. The minimum Gasteiger partial charge on any atom is -0.506 e. The molecule has 1 aromatic heterocycles. The van der Waals surface area contributed by atoms with Crippen LogP contribution in [-0.2, 0) is 0 Å². The molecule has 3 N–H and O–H groups in total. The van der Waals surface area contributed by atoms with Gasteiger partial charge in [-0.3, -0.25) is 0 Å². The van der Waals surface area contributed by atoms with Crippen LogP contribution in [0.3, 0.4) is 0 Å². The number of halogens is 1. The van der Waals surface area contributed by atoms with Crippen molar-refractivity contribution in [3.8, 4) is 5.75 Å². The summed E-state index contributed by atoms with van der Waals surface area (Å²) in [6.07, 6.45) is 0. The first-order valence-corrected chi connectivity index (χ1v) is 7.59. The Morgan fingerprint density at radius 3 is 2.33 bits per heavy atom. The van der Waals surface area contributed by atoms with Gasteiger partial charge in [-0.25, -0.2) is 4.98 Å². The number of hydrogen-bond donors (Lipinski definition) is 3. The third-order valence-electron chi connectivity index (χ3n) is 3.23. The number of benzene rings is 1. The van der Waals surface area contributed by atoms with Gasteiger partial charge in [-0.2, -0.15) is 0 Å². The Hall–Kier alpha value is -1.66. The summed E-state index contributed by atoms with van der Waals surface area (Å²) in [6, 6.07) is 7.71. The summed E-state index contributed by atoms with van der Waals surface area (Å²) in [4.78, 5) is 4.33. The van der Waals surface area contributed by atoms with E-state index in [1.807, 2.05) is 38.1 Å². The van der Waals surface area contributed by atoms with Gasteiger partial charge in [0.25, 0.3) is 0 Å². The highest BCUT2D eigenvalue weighted by atomic mass is 79.9. The van der Waals surface area contributed by atoms with Crippen LogP contribution in [0.15, 0.2) is 28.7 Å². The summed E-state index contributed by atoms with van der Waals surface area (Å²) < 4.78 is 1.01. The quantitative estimate of drug-likeness (QED) is 0.693. The summed E-state index contributed by atoms with van der Waals surface area (Å²) in [6.45, 7) is 5.51. The van der Waals surface area contributed by atoms with Crippen molar-refractivity contribution in [3.63, 3.8) is 0 Å². The van der Waals surface area contributed by atoms with Crippen molar-refractivity contribution in [3.05, 3.63) is 45.6 Å². The van der Waals surface area contributed by atoms with E-state index in [4.69, 9.17) is 12.2 Å². The van der Waals surface area contributed by atoms with Crippen LogP contribution in [0.1, 0.15) is 16.8 Å². The van der Waals surface area contributed by atoms with Gasteiger partial charge in [0.2, 0.25) is 0 Å². The molecule has 110 valence electrons. The average molecular weight is 366 g/mol. The maximum Gasteiger partial charge on any atom is 0.176 e. The number of thiocarbonyl (C=S) groups is 1. The van der Waals surface area contributed by atoms with Gasteiger partial charge in [0.05, 0.1) is 5.69 Å². The number of aromatic nitrogens is 1. The third-order valence-corrected chi connectivity index (χ3v) is 3.96. The molecule has 2 rings (SSSR count). The predicted molar refractivity (Wildman–Crippen MR) is 94.1 cm³/mol. The predicted octanol–water partition coefficient (Wildman–Crippen LogP) is 4.28. The van der Waals surface area contributed by atoms with Gasteiger partial charge in [-0.05, 0) is 68.4 Å². The minimum atomic E-state index is 0.227. The molecule has 0 radical (unpaired) electrons. The van der Waals surface area contributed by atoms with Crippen molar-refractivity contribution in [2.45, 2.75) is 20.8 Å². The number of pyridine rings is 1. The second kappa shape index (κ2) is 6.41. The molecule has 0 amide bonds. The lowest BCUT2D eigenvalue weighted by Crippen LogP contribution is -2.20. The van der Waals surface area contributed by atoms with E-state index in [0.717, 1.165) is 21.3 Å². The smallest absolute Gasteiger partial charge is 0.176 e. The molecule has 4 nitrogen and oxygen atoms in total. The summed E-state index contributed by atoms with van der Waals surface area (Å²) in [5.74, 6) is 0.877. The lowest BCUT2D eigenvalue weighted by Gasteiger charge is -2.15. The van der Waals surface area contributed by atoms with Crippen LogP contribution in [0.25, 0.3) is 0 Å². The normalized spacial score (nSPS) is 10.3. The fraction of sp³-hybridized carbons (Fsp3) is 0.200. The summed E-state index contributed by atoms with van der Waals surface area (Å²) >= 11 is 8.68. The molecule has 1 heterocycles. The molecular weight excluding hydrogens is 350 g/mol.